The fourth-order valence-electron chi connectivity index (χ4n) is 4.01. The van der Waals surface area contributed by atoms with E-state index < -0.39 is 8.32 Å². The van der Waals surface area contributed by atoms with Gasteiger partial charge in [0.05, 0.1) is 18.6 Å². The third-order valence-electron chi connectivity index (χ3n) is 7.25. The normalized spacial score (nSPS) is 22.3. The van der Waals surface area contributed by atoms with Gasteiger partial charge < -0.3 is 9.74 Å². The first kappa shape index (κ1) is 23.7. The number of benzene rings is 2. The Hall–Kier alpha value is -1.91. The first-order valence-electron chi connectivity index (χ1n) is 11.6. The van der Waals surface area contributed by atoms with E-state index in [0.29, 0.717) is 12.5 Å². The topological polar surface area (TPSA) is 38.3 Å². The SMILES string of the molecule is CC(C)[C@@H](CO[Si](C)(C)C(C)(C)C)NC(=O)C1[C@@H](c2ccccc2)[C@@H]1c1ccccc1. The van der Waals surface area contributed by atoms with Gasteiger partial charge in [0.1, 0.15) is 0 Å². The van der Waals surface area contributed by atoms with E-state index in [1.165, 1.54) is 11.1 Å². The molecule has 1 aliphatic rings. The smallest absolute Gasteiger partial charge is 0.224 e. The molecule has 1 N–H and O–H groups in total. The molecule has 3 rings (SSSR count). The van der Waals surface area contributed by atoms with Gasteiger partial charge in [0.2, 0.25) is 5.91 Å². The van der Waals surface area contributed by atoms with Crippen LogP contribution in [-0.4, -0.2) is 26.9 Å². The predicted octanol–water partition coefficient (Wildman–Crippen LogP) is 6.35. The Kier molecular flexibility index (Phi) is 7.12. The molecule has 0 spiro atoms. The van der Waals surface area contributed by atoms with E-state index in [1.807, 2.05) is 12.1 Å². The summed E-state index contributed by atoms with van der Waals surface area (Å²) in [6.07, 6.45) is 0. The van der Waals surface area contributed by atoms with Crippen molar-refractivity contribution in [2.45, 2.75) is 70.6 Å². The van der Waals surface area contributed by atoms with Crippen LogP contribution in [-0.2, 0) is 9.22 Å². The third-order valence-corrected chi connectivity index (χ3v) is 11.8. The zero-order valence-electron chi connectivity index (χ0n) is 20.2. The first-order valence-corrected chi connectivity index (χ1v) is 14.5. The Morgan fingerprint density at radius 1 is 0.935 bits per heavy atom. The van der Waals surface area contributed by atoms with Crippen LogP contribution in [0.4, 0.5) is 0 Å². The van der Waals surface area contributed by atoms with E-state index in [9.17, 15) is 4.79 Å². The Labute approximate surface area is 189 Å². The van der Waals surface area contributed by atoms with Gasteiger partial charge in [-0.3, -0.25) is 4.79 Å². The van der Waals surface area contributed by atoms with Gasteiger partial charge >= 0.3 is 0 Å². The van der Waals surface area contributed by atoms with E-state index in [-0.39, 0.29) is 34.7 Å². The zero-order valence-corrected chi connectivity index (χ0v) is 21.2. The molecule has 1 aliphatic carbocycles. The lowest BCUT2D eigenvalue weighted by Crippen LogP contribution is -2.48. The van der Waals surface area contributed by atoms with Gasteiger partial charge in [0.25, 0.3) is 0 Å². The fourth-order valence-corrected chi connectivity index (χ4v) is 5.04. The molecule has 3 nitrogen and oxygen atoms in total. The summed E-state index contributed by atoms with van der Waals surface area (Å²) < 4.78 is 6.47. The van der Waals surface area contributed by atoms with Crippen molar-refractivity contribution < 1.29 is 9.22 Å². The van der Waals surface area contributed by atoms with Crippen LogP contribution in [0, 0.1) is 11.8 Å². The summed E-state index contributed by atoms with van der Waals surface area (Å²) in [5.41, 5.74) is 2.49. The molecule has 0 bridgehead atoms. The fraction of sp³-hybridized carbons (Fsp3) is 0.519. The number of nitrogens with one attached hydrogen (secondary N) is 1. The van der Waals surface area contributed by atoms with Crippen molar-refractivity contribution in [1.29, 1.82) is 0 Å². The van der Waals surface area contributed by atoms with Gasteiger partial charge in [-0.1, -0.05) is 95.3 Å². The lowest BCUT2D eigenvalue weighted by atomic mass is 10.0. The molecule has 0 unspecified atom stereocenters. The molecule has 3 atom stereocenters. The molecule has 2 aromatic carbocycles. The lowest BCUT2D eigenvalue weighted by Gasteiger charge is -2.38. The quantitative estimate of drug-likeness (QED) is 0.489. The summed E-state index contributed by atoms with van der Waals surface area (Å²) in [6.45, 7) is 16.2. The highest BCUT2D eigenvalue weighted by molar-refractivity contribution is 6.74. The second-order valence-corrected chi connectivity index (χ2v) is 15.6. The Morgan fingerprint density at radius 2 is 1.39 bits per heavy atom. The minimum atomic E-state index is -1.86. The minimum absolute atomic E-state index is 0.0232. The van der Waals surface area contributed by atoms with E-state index in [4.69, 9.17) is 4.43 Å². The summed E-state index contributed by atoms with van der Waals surface area (Å²) in [7, 11) is -1.86. The average molecular weight is 438 g/mol. The maximum absolute atomic E-state index is 13.5. The molecule has 1 fully saturated rings. The Morgan fingerprint density at radius 3 is 1.77 bits per heavy atom. The second-order valence-electron chi connectivity index (χ2n) is 10.8. The molecule has 0 saturated heterocycles. The van der Waals surface area contributed by atoms with Crippen molar-refractivity contribution in [2.24, 2.45) is 11.8 Å². The summed E-state index contributed by atoms with van der Waals surface area (Å²) in [4.78, 5) is 13.5. The van der Waals surface area contributed by atoms with Gasteiger partial charge in [-0.05, 0) is 35.2 Å². The summed E-state index contributed by atoms with van der Waals surface area (Å²) in [6, 6.07) is 20.9. The summed E-state index contributed by atoms with van der Waals surface area (Å²) in [5.74, 6) is 0.910. The van der Waals surface area contributed by atoms with Crippen LogP contribution in [0.2, 0.25) is 18.1 Å². The van der Waals surface area contributed by atoms with Crippen molar-refractivity contribution in [3.05, 3.63) is 71.8 Å². The molecule has 1 amide bonds. The van der Waals surface area contributed by atoms with Crippen molar-refractivity contribution in [1.82, 2.24) is 5.32 Å². The highest BCUT2D eigenvalue weighted by Crippen LogP contribution is 2.60. The number of amides is 1. The molecule has 0 radical (unpaired) electrons. The molecule has 4 heteroatoms. The number of rotatable bonds is 8. The molecular formula is C27H39NO2Si. The van der Waals surface area contributed by atoms with Crippen molar-refractivity contribution in [2.75, 3.05) is 6.61 Å². The predicted molar refractivity (Wildman–Crippen MR) is 132 cm³/mol. The number of hydrogen-bond acceptors (Lipinski definition) is 2. The highest BCUT2D eigenvalue weighted by atomic mass is 28.4. The van der Waals surface area contributed by atoms with Gasteiger partial charge in [-0.25, -0.2) is 0 Å². The van der Waals surface area contributed by atoms with E-state index >= 15 is 0 Å². The van der Waals surface area contributed by atoms with Crippen LogP contribution in [0.25, 0.3) is 0 Å². The molecule has 2 aromatic rings. The van der Waals surface area contributed by atoms with Gasteiger partial charge in [-0.2, -0.15) is 0 Å². The van der Waals surface area contributed by atoms with Gasteiger partial charge in [0, 0.05) is 11.8 Å². The third kappa shape index (κ3) is 5.47. The van der Waals surface area contributed by atoms with Crippen LogP contribution in [0.15, 0.2) is 60.7 Å². The highest BCUT2D eigenvalue weighted by Gasteiger charge is 2.56. The van der Waals surface area contributed by atoms with E-state index in [0.717, 1.165) is 0 Å². The first-order chi connectivity index (χ1) is 14.5. The van der Waals surface area contributed by atoms with Gasteiger partial charge in [-0.15, -0.1) is 0 Å². The molecule has 168 valence electrons. The van der Waals surface area contributed by atoms with E-state index in [1.54, 1.807) is 0 Å². The standard InChI is InChI=1S/C27H39NO2Si/c1-19(2)22(18-30-31(6,7)27(3,4)5)28-26(29)25-23(20-14-10-8-11-15-20)24(25)21-16-12-9-13-17-21/h8-17,19,22-25H,18H2,1-7H3,(H,28,29)/t22-,23+,24+/m1/s1. The second kappa shape index (κ2) is 9.29. The zero-order chi connectivity index (χ0) is 22.8. The lowest BCUT2D eigenvalue weighted by molar-refractivity contribution is -0.123. The molecule has 0 aliphatic heterocycles. The van der Waals surface area contributed by atoms with Crippen molar-refractivity contribution in [3.8, 4) is 0 Å². The van der Waals surface area contributed by atoms with Gasteiger partial charge in [0.15, 0.2) is 8.32 Å². The summed E-state index contributed by atoms with van der Waals surface area (Å²) in [5, 5.41) is 3.52. The van der Waals surface area contributed by atoms with Crippen LogP contribution >= 0.6 is 0 Å². The maximum atomic E-state index is 13.5. The number of carbonyl (C=O) groups excluding carboxylic acids is 1. The molecule has 1 saturated carbocycles. The Balaban J connectivity index is 1.74. The van der Waals surface area contributed by atoms with Crippen LogP contribution in [0.5, 0.6) is 0 Å². The average Bonchev–Trinajstić information content (AvgIpc) is 3.47. The molecule has 0 heterocycles. The van der Waals surface area contributed by atoms with Crippen molar-refractivity contribution in [3.63, 3.8) is 0 Å². The Bertz CT molecular complexity index is 812. The molecular weight excluding hydrogens is 398 g/mol. The number of hydrogen-bond donors (Lipinski definition) is 1. The monoisotopic (exact) mass is 437 g/mol. The van der Waals surface area contributed by atoms with Crippen LogP contribution in [0.3, 0.4) is 0 Å². The van der Waals surface area contributed by atoms with Crippen LogP contribution in [0.1, 0.15) is 57.6 Å². The summed E-state index contributed by atoms with van der Waals surface area (Å²) >= 11 is 0. The maximum Gasteiger partial charge on any atom is 0.224 e. The largest absolute Gasteiger partial charge is 0.415 e. The van der Waals surface area contributed by atoms with Crippen LogP contribution < -0.4 is 5.32 Å². The molecule has 0 aromatic heterocycles. The van der Waals surface area contributed by atoms with Crippen molar-refractivity contribution >= 4 is 14.2 Å². The number of carbonyl (C=O) groups is 1. The minimum Gasteiger partial charge on any atom is -0.415 e. The van der Waals surface area contributed by atoms with E-state index in [2.05, 4.69) is 102 Å². The molecule has 31 heavy (non-hydrogen) atoms.